The molecule has 1 saturated heterocycles. The van der Waals surface area contributed by atoms with Crippen molar-refractivity contribution >= 4 is 11.5 Å². The van der Waals surface area contributed by atoms with Crippen LogP contribution in [0, 0.1) is 17.0 Å². The lowest BCUT2D eigenvalue weighted by atomic mass is 10.1. The van der Waals surface area contributed by atoms with Gasteiger partial charge in [-0.15, -0.1) is 0 Å². The van der Waals surface area contributed by atoms with Crippen LogP contribution in [0.5, 0.6) is 0 Å². The summed E-state index contributed by atoms with van der Waals surface area (Å²) in [5.41, 5.74) is 0.891. The normalized spacial score (nSPS) is 18.4. The van der Waals surface area contributed by atoms with Crippen LogP contribution in [-0.4, -0.2) is 21.6 Å². The van der Waals surface area contributed by atoms with E-state index in [1.807, 2.05) is 13.0 Å². The van der Waals surface area contributed by atoms with Gasteiger partial charge in [0.25, 0.3) is 5.69 Å². The van der Waals surface area contributed by atoms with Crippen LogP contribution >= 0.6 is 0 Å². The summed E-state index contributed by atoms with van der Waals surface area (Å²) in [5, 5.41) is 14.7. The van der Waals surface area contributed by atoms with Crippen molar-refractivity contribution in [3.05, 3.63) is 46.0 Å². The lowest BCUT2D eigenvalue weighted by molar-refractivity contribution is -0.385. The maximum atomic E-state index is 10.7. The minimum atomic E-state index is -0.445. The molecule has 3 rings (SSSR count). The second-order valence-corrected chi connectivity index (χ2v) is 4.85. The van der Waals surface area contributed by atoms with Crippen LogP contribution in [0.25, 0.3) is 0 Å². The van der Waals surface area contributed by atoms with Crippen molar-refractivity contribution < 1.29 is 9.45 Å². The number of hydrogen-bond acceptors (Lipinski definition) is 6. The van der Waals surface area contributed by atoms with Gasteiger partial charge in [-0.1, -0.05) is 5.16 Å². The Bertz CT molecular complexity index is 623. The van der Waals surface area contributed by atoms with Crippen LogP contribution in [-0.2, 0) is 0 Å². The maximum Gasteiger partial charge on any atom is 0.287 e. The molecular weight excluding hydrogens is 260 g/mol. The first-order valence-electron chi connectivity index (χ1n) is 6.45. The van der Waals surface area contributed by atoms with E-state index in [1.54, 1.807) is 6.07 Å². The van der Waals surface area contributed by atoms with Gasteiger partial charge in [0, 0.05) is 18.7 Å². The number of rotatable bonds is 3. The van der Waals surface area contributed by atoms with E-state index in [1.165, 1.54) is 12.3 Å². The van der Waals surface area contributed by atoms with Gasteiger partial charge in [0.15, 0.2) is 0 Å². The van der Waals surface area contributed by atoms with Crippen molar-refractivity contribution in [2.75, 3.05) is 11.4 Å². The molecule has 2 aromatic rings. The molecule has 20 heavy (non-hydrogen) atoms. The topological polar surface area (TPSA) is 85.3 Å². The number of anilines is 1. The Morgan fingerprint density at radius 2 is 2.35 bits per heavy atom. The molecule has 0 aliphatic carbocycles. The summed E-state index contributed by atoms with van der Waals surface area (Å²) >= 11 is 0. The van der Waals surface area contributed by atoms with Crippen LogP contribution in [0.3, 0.4) is 0 Å². The van der Waals surface area contributed by atoms with Crippen molar-refractivity contribution in [2.24, 2.45) is 0 Å². The maximum absolute atomic E-state index is 10.7. The van der Waals surface area contributed by atoms with E-state index in [0.717, 1.165) is 36.7 Å². The van der Waals surface area contributed by atoms with Crippen molar-refractivity contribution in [3.8, 4) is 0 Å². The van der Waals surface area contributed by atoms with Gasteiger partial charge in [-0.2, -0.15) is 0 Å². The highest BCUT2D eigenvalue weighted by Crippen LogP contribution is 2.35. The van der Waals surface area contributed by atoms with Crippen molar-refractivity contribution in [1.82, 2.24) is 10.1 Å². The molecule has 7 heteroatoms. The van der Waals surface area contributed by atoms with E-state index >= 15 is 0 Å². The molecule has 1 aliphatic heterocycles. The molecule has 0 aromatic carbocycles. The molecular formula is C13H14N4O3. The summed E-state index contributed by atoms with van der Waals surface area (Å²) in [4.78, 5) is 16.5. The molecule has 0 amide bonds. The first-order chi connectivity index (χ1) is 9.65. The molecule has 0 radical (unpaired) electrons. The van der Waals surface area contributed by atoms with Crippen LogP contribution < -0.4 is 4.90 Å². The summed E-state index contributed by atoms with van der Waals surface area (Å²) in [5.74, 6) is 1.52. The third kappa shape index (κ3) is 2.22. The van der Waals surface area contributed by atoms with Gasteiger partial charge in [0.2, 0.25) is 0 Å². The second kappa shape index (κ2) is 4.92. The Hall–Kier alpha value is -2.44. The van der Waals surface area contributed by atoms with Gasteiger partial charge < -0.3 is 9.42 Å². The SMILES string of the molecule is Cc1cc([C@H]2CCCN2c2ccc([N+](=O)[O-])cn2)no1. The minimum absolute atomic E-state index is 0.00165. The fraction of sp³-hybridized carbons (Fsp3) is 0.385. The minimum Gasteiger partial charge on any atom is -0.361 e. The van der Waals surface area contributed by atoms with Gasteiger partial charge in [0.05, 0.1) is 11.0 Å². The highest BCUT2D eigenvalue weighted by Gasteiger charge is 2.29. The Kier molecular flexibility index (Phi) is 3.09. The first-order valence-corrected chi connectivity index (χ1v) is 6.45. The lowest BCUT2D eigenvalue weighted by Crippen LogP contribution is -2.23. The zero-order chi connectivity index (χ0) is 14.1. The number of hydrogen-bond donors (Lipinski definition) is 0. The molecule has 104 valence electrons. The van der Waals surface area contributed by atoms with Crippen LogP contribution in [0.2, 0.25) is 0 Å². The van der Waals surface area contributed by atoms with Crippen LogP contribution in [0.1, 0.15) is 30.3 Å². The van der Waals surface area contributed by atoms with Crippen LogP contribution in [0.4, 0.5) is 11.5 Å². The predicted octanol–water partition coefficient (Wildman–Crippen LogP) is 2.63. The van der Waals surface area contributed by atoms with Crippen molar-refractivity contribution in [3.63, 3.8) is 0 Å². The number of nitrogens with zero attached hydrogens (tertiary/aromatic N) is 4. The third-order valence-corrected chi connectivity index (χ3v) is 3.48. The molecule has 3 heterocycles. The number of aryl methyl sites for hydroxylation is 1. The molecule has 1 atom stereocenters. The van der Waals surface area contributed by atoms with E-state index in [0.29, 0.717) is 0 Å². The smallest absolute Gasteiger partial charge is 0.287 e. The molecule has 1 fully saturated rings. The fourth-order valence-corrected chi connectivity index (χ4v) is 2.55. The van der Waals surface area contributed by atoms with Crippen molar-refractivity contribution in [2.45, 2.75) is 25.8 Å². The quantitative estimate of drug-likeness (QED) is 0.631. The summed E-state index contributed by atoms with van der Waals surface area (Å²) in [6.07, 6.45) is 3.30. The molecule has 0 N–H and O–H groups in total. The molecule has 7 nitrogen and oxygen atoms in total. The Morgan fingerprint density at radius 3 is 2.95 bits per heavy atom. The first kappa shape index (κ1) is 12.6. The summed E-state index contributed by atoms with van der Waals surface area (Å²) in [6, 6.07) is 5.21. The average Bonchev–Trinajstić information content (AvgIpc) is 3.07. The highest BCUT2D eigenvalue weighted by molar-refractivity contribution is 5.46. The van der Waals surface area contributed by atoms with Gasteiger partial charge in [0.1, 0.15) is 23.5 Å². The fourth-order valence-electron chi connectivity index (χ4n) is 2.55. The predicted molar refractivity (Wildman–Crippen MR) is 71.5 cm³/mol. The van der Waals surface area contributed by atoms with Gasteiger partial charge in [-0.25, -0.2) is 4.98 Å². The summed E-state index contributed by atoms with van der Waals surface area (Å²) in [7, 11) is 0. The van der Waals surface area contributed by atoms with Gasteiger partial charge in [-0.05, 0) is 25.8 Å². The molecule has 0 unspecified atom stereocenters. The number of nitro groups is 1. The number of pyridine rings is 1. The molecule has 0 spiro atoms. The van der Waals surface area contributed by atoms with E-state index in [2.05, 4.69) is 15.0 Å². The summed E-state index contributed by atoms with van der Waals surface area (Å²) in [6.45, 7) is 2.72. The largest absolute Gasteiger partial charge is 0.361 e. The van der Waals surface area contributed by atoms with Crippen molar-refractivity contribution in [1.29, 1.82) is 0 Å². The van der Waals surface area contributed by atoms with Gasteiger partial charge in [-0.3, -0.25) is 10.1 Å². The third-order valence-electron chi connectivity index (χ3n) is 3.48. The molecule has 0 bridgehead atoms. The van der Waals surface area contributed by atoms with E-state index in [-0.39, 0.29) is 11.7 Å². The van der Waals surface area contributed by atoms with Crippen LogP contribution in [0.15, 0.2) is 28.9 Å². The monoisotopic (exact) mass is 274 g/mol. The molecule has 2 aromatic heterocycles. The number of aromatic nitrogens is 2. The van der Waals surface area contributed by atoms with E-state index in [9.17, 15) is 10.1 Å². The van der Waals surface area contributed by atoms with E-state index in [4.69, 9.17) is 4.52 Å². The average molecular weight is 274 g/mol. The zero-order valence-corrected chi connectivity index (χ0v) is 11.0. The standard InChI is InChI=1S/C13H14N4O3/c1-9-7-11(15-20-9)12-3-2-6-16(12)13-5-4-10(8-14-13)17(18)19/h4-5,7-8,12H,2-3,6H2,1H3/t12-/m1/s1. The second-order valence-electron chi connectivity index (χ2n) is 4.85. The Labute approximate surface area is 115 Å². The van der Waals surface area contributed by atoms with Gasteiger partial charge >= 0.3 is 0 Å². The highest BCUT2D eigenvalue weighted by atomic mass is 16.6. The molecule has 1 aliphatic rings. The molecule has 0 saturated carbocycles. The lowest BCUT2D eigenvalue weighted by Gasteiger charge is -2.23. The summed E-state index contributed by atoms with van der Waals surface area (Å²) < 4.78 is 5.13. The Morgan fingerprint density at radius 1 is 1.50 bits per heavy atom. The van der Waals surface area contributed by atoms with E-state index < -0.39 is 4.92 Å². The Balaban J connectivity index is 1.86. The zero-order valence-electron chi connectivity index (χ0n) is 11.0.